The quantitative estimate of drug-likeness (QED) is 0.509. The summed E-state index contributed by atoms with van der Waals surface area (Å²) in [6, 6.07) is 13.4. The Bertz CT molecular complexity index is 1020. The summed E-state index contributed by atoms with van der Waals surface area (Å²) in [6.07, 6.45) is 1.92. The summed E-state index contributed by atoms with van der Waals surface area (Å²) in [6.45, 7) is 1.38. The summed E-state index contributed by atoms with van der Waals surface area (Å²) >= 11 is 0. The summed E-state index contributed by atoms with van der Waals surface area (Å²) in [5.41, 5.74) is 2.08. The van der Waals surface area contributed by atoms with Gasteiger partial charge in [0, 0.05) is 30.8 Å². The average molecular weight is 380 g/mol. The number of carbonyl (C=O) groups excluding carboxylic acids is 1. The lowest BCUT2D eigenvalue weighted by atomic mass is 10.1. The van der Waals surface area contributed by atoms with Crippen LogP contribution in [0.25, 0.3) is 16.9 Å². The first-order valence-electron chi connectivity index (χ1n) is 8.93. The molecule has 0 atom stereocenters. The van der Waals surface area contributed by atoms with Gasteiger partial charge >= 0.3 is 0 Å². The van der Waals surface area contributed by atoms with Gasteiger partial charge in [-0.05, 0) is 55.3 Å². The van der Waals surface area contributed by atoms with E-state index in [9.17, 15) is 19.3 Å². The Balaban J connectivity index is 1.79. The van der Waals surface area contributed by atoms with Gasteiger partial charge in [-0.15, -0.1) is 0 Å². The molecule has 8 heteroatoms. The maximum atomic E-state index is 13.2. The first kappa shape index (κ1) is 17.8. The number of non-ortho nitro benzene ring substituents is 1. The number of rotatable bonds is 4. The molecule has 2 aromatic carbocycles. The molecule has 0 saturated carbocycles. The van der Waals surface area contributed by atoms with Gasteiger partial charge in [-0.1, -0.05) is 0 Å². The lowest BCUT2D eigenvalue weighted by Crippen LogP contribution is -2.29. The average Bonchev–Trinajstić information content (AvgIpc) is 3.38. The van der Waals surface area contributed by atoms with Gasteiger partial charge in [-0.2, -0.15) is 5.10 Å². The Kier molecular flexibility index (Phi) is 4.60. The van der Waals surface area contributed by atoms with Crippen molar-refractivity contribution in [1.82, 2.24) is 14.7 Å². The first-order chi connectivity index (χ1) is 13.5. The summed E-state index contributed by atoms with van der Waals surface area (Å²) in [5, 5.41) is 15.4. The van der Waals surface area contributed by atoms with Gasteiger partial charge in [-0.3, -0.25) is 14.9 Å². The molecule has 0 radical (unpaired) electrons. The molecule has 0 N–H and O–H groups in total. The molecular formula is C20H17FN4O3. The number of aromatic nitrogens is 2. The number of nitrogens with zero attached hydrogens (tertiary/aromatic N) is 4. The molecule has 7 nitrogen and oxygen atoms in total. The van der Waals surface area contributed by atoms with E-state index in [1.165, 1.54) is 28.9 Å². The number of nitro benzene ring substituents is 1. The highest BCUT2D eigenvalue weighted by Crippen LogP contribution is 2.25. The molecule has 1 saturated heterocycles. The van der Waals surface area contributed by atoms with Crippen molar-refractivity contribution in [3.05, 3.63) is 76.2 Å². The maximum absolute atomic E-state index is 13.2. The maximum Gasteiger partial charge on any atom is 0.272 e. The minimum Gasteiger partial charge on any atom is -0.337 e. The third-order valence-corrected chi connectivity index (χ3v) is 4.77. The van der Waals surface area contributed by atoms with Crippen LogP contribution >= 0.6 is 0 Å². The lowest BCUT2D eigenvalue weighted by molar-refractivity contribution is -0.384. The Labute approximate surface area is 160 Å². The fourth-order valence-corrected chi connectivity index (χ4v) is 3.29. The molecule has 28 heavy (non-hydrogen) atoms. The zero-order chi connectivity index (χ0) is 19.7. The second-order valence-corrected chi connectivity index (χ2v) is 6.61. The molecule has 142 valence electrons. The van der Waals surface area contributed by atoms with E-state index in [0.29, 0.717) is 35.7 Å². The zero-order valence-corrected chi connectivity index (χ0v) is 14.9. The Morgan fingerprint density at radius 2 is 1.68 bits per heavy atom. The normalized spacial score (nSPS) is 13.7. The van der Waals surface area contributed by atoms with Crippen LogP contribution in [0.5, 0.6) is 0 Å². The van der Waals surface area contributed by atoms with Crippen molar-refractivity contribution < 1.29 is 14.1 Å². The van der Waals surface area contributed by atoms with Gasteiger partial charge in [0.25, 0.3) is 11.6 Å². The molecule has 4 rings (SSSR count). The lowest BCUT2D eigenvalue weighted by Gasteiger charge is -2.15. The predicted molar refractivity (Wildman–Crippen MR) is 101 cm³/mol. The van der Waals surface area contributed by atoms with Gasteiger partial charge in [0.15, 0.2) is 0 Å². The Hall–Kier alpha value is -3.55. The highest BCUT2D eigenvalue weighted by molar-refractivity contribution is 5.94. The van der Waals surface area contributed by atoms with Crippen LogP contribution in [0.15, 0.2) is 54.6 Å². The fraction of sp³-hybridized carbons (Fsp3) is 0.200. The minimum atomic E-state index is -0.479. The number of hydrogen-bond donors (Lipinski definition) is 0. The molecule has 0 spiro atoms. The molecule has 1 fully saturated rings. The van der Waals surface area contributed by atoms with Crippen molar-refractivity contribution in [3.8, 4) is 16.9 Å². The van der Waals surface area contributed by atoms with Gasteiger partial charge in [0.1, 0.15) is 11.5 Å². The van der Waals surface area contributed by atoms with E-state index in [2.05, 4.69) is 5.10 Å². The van der Waals surface area contributed by atoms with Crippen LogP contribution in [0.2, 0.25) is 0 Å². The van der Waals surface area contributed by atoms with E-state index in [-0.39, 0.29) is 17.4 Å². The van der Waals surface area contributed by atoms with E-state index >= 15 is 0 Å². The zero-order valence-electron chi connectivity index (χ0n) is 14.9. The van der Waals surface area contributed by atoms with Crippen LogP contribution in [0.1, 0.15) is 23.3 Å². The number of benzene rings is 2. The monoisotopic (exact) mass is 380 g/mol. The van der Waals surface area contributed by atoms with Crippen LogP contribution in [0.4, 0.5) is 10.1 Å². The van der Waals surface area contributed by atoms with Crippen molar-refractivity contribution in [2.45, 2.75) is 12.8 Å². The smallest absolute Gasteiger partial charge is 0.272 e. The second kappa shape index (κ2) is 7.22. The largest absolute Gasteiger partial charge is 0.337 e. The molecule has 1 aromatic heterocycles. The molecule has 0 aliphatic carbocycles. The topological polar surface area (TPSA) is 81.3 Å². The molecule has 1 aliphatic rings. The molecule has 2 heterocycles. The molecular weight excluding hydrogens is 363 g/mol. The fourth-order valence-electron chi connectivity index (χ4n) is 3.29. The number of halogens is 1. The number of carbonyl (C=O) groups is 1. The number of nitro groups is 1. The van der Waals surface area contributed by atoms with E-state index in [1.54, 1.807) is 35.2 Å². The number of hydrogen-bond acceptors (Lipinski definition) is 4. The van der Waals surface area contributed by atoms with E-state index in [0.717, 1.165) is 12.8 Å². The van der Waals surface area contributed by atoms with Crippen LogP contribution in [0.3, 0.4) is 0 Å². The van der Waals surface area contributed by atoms with Gasteiger partial charge in [0.2, 0.25) is 0 Å². The van der Waals surface area contributed by atoms with Gasteiger partial charge < -0.3 is 4.90 Å². The molecule has 0 bridgehead atoms. The van der Waals surface area contributed by atoms with Gasteiger partial charge in [-0.25, -0.2) is 9.07 Å². The van der Waals surface area contributed by atoms with Crippen molar-refractivity contribution in [2.24, 2.45) is 0 Å². The molecule has 3 aromatic rings. The van der Waals surface area contributed by atoms with E-state index in [1.807, 2.05) is 0 Å². The van der Waals surface area contributed by atoms with Crippen LogP contribution in [0, 0.1) is 15.9 Å². The van der Waals surface area contributed by atoms with Crippen molar-refractivity contribution in [2.75, 3.05) is 13.1 Å². The van der Waals surface area contributed by atoms with Crippen molar-refractivity contribution >= 4 is 11.6 Å². The predicted octanol–water partition coefficient (Wildman–Crippen LogP) is 3.82. The van der Waals surface area contributed by atoms with Crippen LogP contribution < -0.4 is 0 Å². The summed E-state index contributed by atoms with van der Waals surface area (Å²) in [4.78, 5) is 25.2. The summed E-state index contributed by atoms with van der Waals surface area (Å²) < 4.78 is 14.7. The highest BCUT2D eigenvalue weighted by atomic mass is 19.1. The number of amides is 1. The second-order valence-electron chi connectivity index (χ2n) is 6.61. The van der Waals surface area contributed by atoms with Crippen molar-refractivity contribution in [1.29, 1.82) is 0 Å². The SMILES string of the molecule is O=C(c1cc(-c2ccc(F)cc2)nn1-c1ccc([N+](=O)[O-])cc1)N1CCCC1. The van der Waals surface area contributed by atoms with Crippen LogP contribution in [-0.2, 0) is 0 Å². The van der Waals surface area contributed by atoms with Crippen molar-refractivity contribution in [3.63, 3.8) is 0 Å². The third kappa shape index (κ3) is 3.36. The Morgan fingerprint density at radius 1 is 1.04 bits per heavy atom. The molecule has 1 amide bonds. The standard InChI is InChI=1S/C20H17FN4O3/c21-15-5-3-14(4-6-15)18-13-19(20(26)23-11-1-2-12-23)24(22-18)16-7-9-17(10-8-16)25(27)28/h3-10,13H,1-2,11-12H2. The minimum absolute atomic E-state index is 0.0397. The summed E-state index contributed by atoms with van der Waals surface area (Å²) in [5.74, 6) is -0.497. The Morgan fingerprint density at radius 3 is 2.29 bits per heavy atom. The highest BCUT2D eigenvalue weighted by Gasteiger charge is 2.25. The third-order valence-electron chi connectivity index (χ3n) is 4.77. The van der Waals surface area contributed by atoms with E-state index in [4.69, 9.17) is 0 Å². The first-order valence-corrected chi connectivity index (χ1v) is 8.93. The molecule has 1 aliphatic heterocycles. The van der Waals surface area contributed by atoms with E-state index < -0.39 is 4.92 Å². The number of likely N-dealkylation sites (tertiary alicyclic amines) is 1. The molecule has 0 unspecified atom stereocenters. The summed E-state index contributed by atoms with van der Waals surface area (Å²) in [7, 11) is 0. The van der Waals surface area contributed by atoms with Crippen LogP contribution in [-0.4, -0.2) is 38.6 Å². The van der Waals surface area contributed by atoms with Gasteiger partial charge in [0.05, 0.1) is 16.3 Å².